The van der Waals surface area contributed by atoms with Crippen LogP contribution in [0.1, 0.15) is 40.7 Å². The second-order valence-electron chi connectivity index (χ2n) is 6.51. The fraction of sp³-hybridized carbons (Fsp3) is 0.421. The predicted octanol–water partition coefficient (Wildman–Crippen LogP) is 2.24. The summed E-state index contributed by atoms with van der Waals surface area (Å²) in [5.74, 6) is 0.263. The maximum atomic E-state index is 12.3. The molecule has 0 saturated heterocycles. The smallest absolute Gasteiger partial charge is 0.254 e. The predicted molar refractivity (Wildman–Crippen MR) is 95.0 cm³/mol. The SMILES string of the molecule is CN(CCc1cn[nH]c1)C(=O)CCCCN1Cc2ccccc2C1=O. The van der Waals surface area contributed by atoms with Crippen LogP contribution in [0.2, 0.25) is 0 Å². The largest absolute Gasteiger partial charge is 0.345 e. The number of carbonyl (C=O) groups is 2. The molecule has 0 radical (unpaired) electrons. The van der Waals surface area contributed by atoms with E-state index < -0.39 is 0 Å². The van der Waals surface area contributed by atoms with Crippen molar-refractivity contribution in [2.45, 2.75) is 32.2 Å². The van der Waals surface area contributed by atoms with Gasteiger partial charge in [-0.3, -0.25) is 14.7 Å². The quantitative estimate of drug-likeness (QED) is 0.749. The average Bonchev–Trinajstić information content (AvgIpc) is 3.25. The highest BCUT2D eigenvalue weighted by Gasteiger charge is 2.25. The summed E-state index contributed by atoms with van der Waals surface area (Å²) in [5.41, 5.74) is 3.02. The van der Waals surface area contributed by atoms with Crippen LogP contribution in [0.3, 0.4) is 0 Å². The van der Waals surface area contributed by atoms with Crippen LogP contribution in [0.25, 0.3) is 0 Å². The number of aromatic amines is 1. The van der Waals surface area contributed by atoms with Crippen molar-refractivity contribution in [3.05, 3.63) is 53.3 Å². The van der Waals surface area contributed by atoms with Gasteiger partial charge < -0.3 is 9.80 Å². The molecule has 0 spiro atoms. The van der Waals surface area contributed by atoms with Gasteiger partial charge in [-0.2, -0.15) is 5.10 Å². The first kappa shape index (κ1) is 17.2. The number of carbonyl (C=O) groups excluding carboxylic acids is 2. The minimum absolute atomic E-state index is 0.110. The van der Waals surface area contributed by atoms with Crippen molar-refractivity contribution in [3.8, 4) is 0 Å². The molecule has 6 heteroatoms. The lowest BCUT2D eigenvalue weighted by atomic mass is 10.1. The van der Waals surface area contributed by atoms with Gasteiger partial charge in [-0.05, 0) is 36.5 Å². The van der Waals surface area contributed by atoms with Crippen molar-refractivity contribution in [2.75, 3.05) is 20.1 Å². The molecule has 2 amide bonds. The van der Waals surface area contributed by atoms with E-state index in [1.54, 1.807) is 11.1 Å². The summed E-state index contributed by atoms with van der Waals surface area (Å²) in [6.45, 7) is 2.09. The Morgan fingerprint density at radius 1 is 1.32 bits per heavy atom. The Hall–Kier alpha value is -2.63. The molecule has 25 heavy (non-hydrogen) atoms. The van der Waals surface area contributed by atoms with Crippen LogP contribution in [-0.2, 0) is 17.8 Å². The summed E-state index contributed by atoms with van der Waals surface area (Å²) in [6, 6.07) is 7.76. The summed E-state index contributed by atoms with van der Waals surface area (Å²) >= 11 is 0. The molecule has 0 bridgehead atoms. The Morgan fingerprint density at radius 3 is 2.92 bits per heavy atom. The molecular weight excluding hydrogens is 316 g/mol. The van der Waals surface area contributed by atoms with Gasteiger partial charge in [-0.1, -0.05) is 18.2 Å². The van der Waals surface area contributed by atoms with Crippen LogP contribution in [0.5, 0.6) is 0 Å². The zero-order valence-corrected chi connectivity index (χ0v) is 14.6. The highest BCUT2D eigenvalue weighted by molar-refractivity contribution is 5.98. The lowest BCUT2D eigenvalue weighted by Gasteiger charge is -2.18. The number of fused-ring (bicyclic) bond motifs is 1. The molecule has 0 unspecified atom stereocenters. The standard InChI is InChI=1S/C19H24N4O2/c1-22(11-9-15-12-20-21-13-15)18(24)8-4-5-10-23-14-16-6-2-3-7-17(16)19(23)25/h2-3,6-7,12-13H,4-5,8-11,14H2,1H3,(H,20,21). The van der Waals surface area contributed by atoms with Gasteiger partial charge in [0.1, 0.15) is 0 Å². The maximum Gasteiger partial charge on any atom is 0.254 e. The van der Waals surface area contributed by atoms with E-state index in [0.717, 1.165) is 36.0 Å². The van der Waals surface area contributed by atoms with Crippen molar-refractivity contribution < 1.29 is 9.59 Å². The molecule has 1 aliphatic heterocycles. The number of unbranched alkanes of at least 4 members (excludes halogenated alkanes) is 1. The minimum atomic E-state index is 0.110. The number of hydrogen-bond acceptors (Lipinski definition) is 3. The van der Waals surface area contributed by atoms with E-state index in [0.29, 0.717) is 26.1 Å². The van der Waals surface area contributed by atoms with Gasteiger partial charge in [0.25, 0.3) is 5.91 Å². The number of aromatic nitrogens is 2. The molecule has 2 aromatic rings. The molecule has 1 aliphatic rings. The minimum Gasteiger partial charge on any atom is -0.345 e. The molecule has 1 aromatic carbocycles. The molecule has 0 saturated carbocycles. The zero-order valence-electron chi connectivity index (χ0n) is 14.6. The second kappa shape index (κ2) is 7.96. The Bertz CT molecular complexity index is 727. The number of nitrogens with one attached hydrogen (secondary N) is 1. The lowest BCUT2D eigenvalue weighted by molar-refractivity contribution is -0.130. The molecule has 132 valence electrons. The van der Waals surface area contributed by atoms with E-state index in [-0.39, 0.29) is 11.8 Å². The van der Waals surface area contributed by atoms with Crippen LogP contribution in [-0.4, -0.2) is 51.9 Å². The molecule has 0 aliphatic carbocycles. The van der Waals surface area contributed by atoms with Gasteiger partial charge in [0.2, 0.25) is 5.91 Å². The average molecular weight is 340 g/mol. The van der Waals surface area contributed by atoms with Crippen molar-refractivity contribution in [3.63, 3.8) is 0 Å². The van der Waals surface area contributed by atoms with Gasteiger partial charge in [-0.25, -0.2) is 0 Å². The highest BCUT2D eigenvalue weighted by atomic mass is 16.2. The van der Waals surface area contributed by atoms with E-state index in [1.807, 2.05) is 42.4 Å². The number of H-pyrrole nitrogens is 1. The topological polar surface area (TPSA) is 69.3 Å². The Kier molecular flexibility index (Phi) is 5.48. The third-order valence-corrected chi connectivity index (χ3v) is 4.68. The van der Waals surface area contributed by atoms with Gasteiger partial charge in [0, 0.05) is 44.9 Å². The number of likely N-dealkylation sites (N-methyl/N-ethyl adjacent to an activating group) is 1. The number of rotatable bonds is 8. The molecular formula is C19H24N4O2. The first-order chi connectivity index (χ1) is 12.1. The van der Waals surface area contributed by atoms with Crippen molar-refractivity contribution in [1.29, 1.82) is 0 Å². The number of amides is 2. The Balaban J connectivity index is 1.34. The van der Waals surface area contributed by atoms with Crippen LogP contribution >= 0.6 is 0 Å². The van der Waals surface area contributed by atoms with Crippen LogP contribution in [0.15, 0.2) is 36.7 Å². The fourth-order valence-corrected chi connectivity index (χ4v) is 3.10. The molecule has 3 rings (SSSR count). The lowest BCUT2D eigenvalue weighted by Crippen LogP contribution is -2.29. The molecule has 1 aromatic heterocycles. The van der Waals surface area contributed by atoms with Crippen LogP contribution in [0.4, 0.5) is 0 Å². The molecule has 1 N–H and O–H groups in total. The van der Waals surface area contributed by atoms with Gasteiger partial charge in [-0.15, -0.1) is 0 Å². The highest BCUT2D eigenvalue weighted by Crippen LogP contribution is 2.22. The third-order valence-electron chi connectivity index (χ3n) is 4.68. The summed E-state index contributed by atoms with van der Waals surface area (Å²) in [7, 11) is 1.84. The van der Waals surface area contributed by atoms with Crippen molar-refractivity contribution in [2.24, 2.45) is 0 Å². The summed E-state index contributed by atoms with van der Waals surface area (Å²) in [4.78, 5) is 28.1. The van der Waals surface area contributed by atoms with Crippen LogP contribution in [0, 0.1) is 0 Å². The van der Waals surface area contributed by atoms with E-state index in [2.05, 4.69) is 10.2 Å². The van der Waals surface area contributed by atoms with E-state index in [9.17, 15) is 9.59 Å². The van der Waals surface area contributed by atoms with E-state index in [1.165, 1.54) is 0 Å². The molecule has 2 heterocycles. The van der Waals surface area contributed by atoms with E-state index >= 15 is 0 Å². The first-order valence-electron chi connectivity index (χ1n) is 8.74. The van der Waals surface area contributed by atoms with Gasteiger partial charge in [0.15, 0.2) is 0 Å². The maximum absolute atomic E-state index is 12.3. The third kappa shape index (κ3) is 4.26. The second-order valence-corrected chi connectivity index (χ2v) is 6.51. The monoisotopic (exact) mass is 340 g/mol. The Labute approximate surface area is 147 Å². The number of nitrogens with zero attached hydrogens (tertiary/aromatic N) is 3. The summed E-state index contributed by atoms with van der Waals surface area (Å²) < 4.78 is 0. The van der Waals surface area contributed by atoms with Crippen molar-refractivity contribution >= 4 is 11.8 Å². The number of benzene rings is 1. The summed E-state index contributed by atoms with van der Waals surface area (Å²) in [5, 5.41) is 6.68. The van der Waals surface area contributed by atoms with Crippen molar-refractivity contribution in [1.82, 2.24) is 20.0 Å². The van der Waals surface area contributed by atoms with Crippen LogP contribution < -0.4 is 0 Å². The van der Waals surface area contributed by atoms with Gasteiger partial charge >= 0.3 is 0 Å². The number of hydrogen-bond donors (Lipinski definition) is 1. The fourth-order valence-electron chi connectivity index (χ4n) is 3.10. The van der Waals surface area contributed by atoms with Gasteiger partial charge in [0.05, 0.1) is 6.20 Å². The van der Waals surface area contributed by atoms with E-state index in [4.69, 9.17) is 0 Å². The molecule has 0 fully saturated rings. The molecule has 6 nitrogen and oxygen atoms in total. The zero-order chi connectivity index (χ0) is 17.6. The molecule has 0 atom stereocenters. The first-order valence-corrected chi connectivity index (χ1v) is 8.74. The summed E-state index contributed by atoms with van der Waals surface area (Å²) in [6.07, 6.45) is 6.61. The normalized spacial score (nSPS) is 13.2. The Morgan fingerprint density at radius 2 is 2.16 bits per heavy atom.